The first kappa shape index (κ1) is 13.4. The van der Waals surface area contributed by atoms with Crippen molar-refractivity contribution in [1.29, 1.82) is 0 Å². The predicted octanol–water partition coefficient (Wildman–Crippen LogP) is 3.76. The van der Waals surface area contributed by atoms with E-state index in [0.29, 0.717) is 11.3 Å². The van der Waals surface area contributed by atoms with Crippen molar-refractivity contribution in [3.63, 3.8) is 0 Å². The second-order valence-electron chi connectivity index (χ2n) is 3.87. The molecule has 0 aromatic heterocycles. The number of aromatic carboxylic acids is 1. The van der Waals surface area contributed by atoms with Crippen LogP contribution in [0.5, 0.6) is 5.75 Å². The van der Waals surface area contributed by atoms with Crippen LogP contribution in [0.25, 0.3) is 0 Å². The van der Waals surface area contributed by atoms with Crippen LogP contribution < -0.4 is 4.74 Å². The summed E-state index contributed by atoms with van der Waals surface area (Å²) >= 11 is 5.83. The number of halogens is 2. The van der Waals surface area contributed by atoms with Crippen molar-refractivity contribution in [3.05, 3.63) is 64.4 Å². The van der Waals surface area contributed by atoms with E-state index in [-0.39, 0.29) is 23.0 Å². The molecular formula is C14H10ClFO3. The van der Waals surface area contributed by atoms with Gasteiger partial charge in [0.15, 0.2) is 0 Å². The maximum absolute atomic E-state index is 12.9. The fraction of sp³-hybridized carbons (Fsp3) is 0.0714. The fourth-order valence-corrected chi connectivity index (χ4v) is 1.83. The van der Waals surface area contributed by atoms with Gasteiger partial charge in [0, 0.05) is 6.07 Å². The third-order valence-electron chi connectivity index (χ3n) is 2.47. The second kappa shape index (κ2) is 5.71. The maximum Gasteiger partial charge on any atom is 0.337 e. The van der Waals surface area contributed by atoms with Gasteiger partial charge in [0.25, 0.3) is 0 Å². The molecule has 0 unspecified atom stereocenters. The molecule has 1 N–H and O–H groups in total. The molecule has 0 saturated heterocycles. The Morgan fingerprint density at radius 3 is 2.68 bits per heavy atom. The third-order valence-corrected chi connectivity index (χ3v) is 2.78. The van der Waals surface area contributed by atoms with Crippen LogP contribution in [0, 0.1) is 5.82 Å². The number of carboxylic acids is 1. The van der Waals surface area contributed by atoms with Gasteiger partial charge in [-0.3, -0.25) is 0 Å². The molecule has 0 amide bonds. The van der Waals surface area contributed by atoms with Gasteiger partial charge >= 0.3 is 5.97 Å². The number of rotatable bonds is 4. The van der Waals surface area contributed by atoms with Gasteiger partial charge < -0.3 is 9.84 Å². The molecule has 3 nitrogen and oxygen atoms in total. The highest BCUT2D eigenvalue weighted by Crippen LogP contribution is 2.20. The zero-order valence-corrected chi connectivity index (χ0v) is 10.5. The summed E-state index contributed by atoms with van der Waals surface area (Å²) in [6.07, 6.45) is 0. The lowest BCUT2D eigenvalue weighted by molar-refractivity contribution is 0.0697. The second-order valence-corrected chi connectivity index (χ2v) is 4.27. The molecule has 0 heterocycles. The quantitative estimate of drug-likeness (QED) is 0.927. The first-order valence-electron chi connectivity index (χ1n) is 5.46. The number of carbonyl (C=O) groups is 1. The van der Waals surface area contributed by atoms with E-state index in [1.165, 1.54) is 24.3 Å². The Morgan fingerprint density at radius 2 is 2.05 bits per heavy atom. The van der Waals surface area contributed by atoms with E-state index < -0.39 is 5.97 Å². The van der Waals surface area contributed by atoms with Crippen molar-refractivity contribution >= 4 is 17.6 Å². The molecule has 0 spiro atoms. The minimum Gasteiger partial charge on any atom is -0.489 e. The van der Waals surface area contributed by atoms with Crippen molar-refractivity contribution in [3.8, 4) is 5.75 Å². The van der Waals surface area contributed by atoms with Gasteiger partial charge in [0.05, 0.1) is 10.6 Å². The Hall–Kier alpha value is -2.07. The van der Waals surface area contributed by atoms with Crippen LogP contribution in [0.3, 0.4) is 0 Å². The van der Waals surface area contributed by atoms with Crippen molar-refractivity contribution in [1.82, 2.24) is 0 Å². The lowest BCUT2D eigenvalue weighted by Gasteiger charge is -2.07. The Kier molecular flexibility index (Phi) is 4.02. The van der Waals surface area contributed by atoms with Gasteiger partial charge in [0.1, 0.15) is 18.2 Å². The number of carboxylic acid groups (broad SMARTS) is 1. The maximum atomic E-state index is 12.9. The minimum absolute atomic E-state index is 0.0381. The molecule has 0 aliphatic carbocycles. The van der Waals surface area contributed by atoms with E-state index in [1.54, 1.807) is 18.2 Å². The molecule has 2 aromatic carbocycles. The summed E-state index contributed by atoms with van der Waals surface area (Å²) in [5.41, 5.74) is 0.746. The summed E-state index contributed by atoms with van der Waals surface area (Å²) in [6.45, 7) is 0.184. The van der Waals surface area contributed by atoms with Crippen LogP contribution in [0.1, 0.15) is 15.9 Å². The van der Waals surface area contributed by atoms with Crippen molar-refractivity contribution in [2.45, 2.75) is 6.61 Å². The topological polar surface area (TPSA) is 46.5 Å². The third kappa shape index (κ3) is 3.45. The number of benzene rings is 2. The first-order chi connectivity index (χ1) is 9.06. The summed E-state index contributed by atoms with van der Waals surface area (Å²) in [5.74, 6) is -1.06. The molecule has 19 heavy (non-hydrogen) atoms. The van der Waals surface area contributed by atoms with Gasteiger partial charge in [-0.25, -0.2) is 9.18 Å². The summed E-state index contributed by atoms with van der Waals surface area (Å²) < 4.78 is 18.3. The van der Waals surface area contributed by atoms with Crippen LogP contribution >= 0.6 is 11.6 Å². The van der Waals surface area contributed by atoms with Gasteiger partial charge in [-0.05, 0) is 29.8 Å². The highest BCUT2D eigenvalue weighted by molar-refractivity contribution is 6.33. The first-order valence-corrected chi connectivity index (χ1v) is 5.84. The standard InChI is InChI=1S/C14H10ClFO3/c15-13-6-9(4-5-12(13)14(17)18)8-19-11-3-1-2-10(16)7-11/h1-7H,8H2,(H,17,18). The van der Waals surface area contributed by atoms with Crippen LogP contribution in [-0.4, -0.2) is 11.1 Å². The van der Waals surface area contributed by atoms with Crippen molar-refractivity contribution < 1.29 is 19.0 Å². The van der Waals surface area contributed by atoms with Crippen LogP contribution in [0.2, 0.25) is 5.02 Å². The van der Waals surface area contributed by atoms with Crippen LogP contribution in [0.15, 0.2) is 42.5 Å². The summed E-state index contributed by atoms with van der Waals surface area (Å²) in [7, 11) is 0. The SMILES string of the molecule is O=C(O)c1ccc(COc2cccc(F)c2)cc1Cl. The molecule has 0 saturated carbocycles. The van der Waals surface area contributed by atoms with E-state index >= 15 is 0 Å². The molecule has 0 aliphatic heterocycles. The Labute approximate surface area is 114 Å². The Bertz CT molecular complexity index is 613. The highest BCUT2D eigenvalue weighted by Gasteiger charge is 2.09. The number of hydrogen-bond acceptors (Lipinski definition) is 2. The van der Waals surface area contributed by atoms with Gasteiger partial charge in [-0.15, -0.1) is 0 Å². The zero-order valence-electron chi connectivity index (χ0n) is 9.77. The van der Waals surface area contributed by atoms with Gasteiger partial charge in [-0.2, -0.15) is 0 Å². The molecule has 2 rings (SSSR count). The van der Waals surface area contributed by atoms with Gasteiger partial charge in [0.2, 0.25) is 0 Å². The molecule has 0 atom stereocenters. The van der Waals surface area contributed by atoms with Crippen LogP contribution in [-0.2, 0) is 6.61 Å². The molecule has 0 radical (unpaired) electrons. The molecule has 2 aromatic rings. The van der Waals surface area contributed by atoms with Crippen LogP contribution in [0.4, 0.5) is 4.39 Å². The Balaban J connectivity index is 2.08. The molecule has 5 heteroatoms. The number of hydrogen-bond donors (Lipinski definition) is 1. The lowest BCUT2D eigenvalue weighted by Crippen LogP contribution is -2.00. The monoisotopic (exact) mass is 280 g/mol. The summed E-state index contributed by atoms with van der Waals surface area (Å²) in [4.78, 5) is 10.8. The van der Waals surface area contributed by atoms with Crippen molar-refractivity contribution in [2.24, 2.45) is 0 Å². The molecule has 0 fully saturated rings. The molecule has 0 aliphatic rings. The minimum atomic E-state index is -1.08. The summed E-state index contributed by atoms with van der Waals surface area (Å²) in [6, 6.07) is 10.3. The Morgan fingerprint density at radius 1 is 1.26 bits per heavy atom. The van der Waals surface area contributed by atoms with Gasteiger partial charge in [-0.1, -0.05) is 23.7 Å². The summed E-state index contributed by atoms with van der Waals surface area (Å²) in [5, 5.41) is 8.98. The van der Waals surface area contributed by atoms with E-state index in [9.17, 15) is 9.18 Å². The zero-order chi connectivity index (χ0) is 13.8. The average molecular weight is 281 g/mol. The van der Waals surface area contributed by atoms with E-state index in [0.717, 1.165) is 0 Å². The lowest BCUT2D eigenvalue weighted by atomic mass is 10.1. The predicted molar refractivity (Wildman–Crippen MR) is 69.1 cm³/mol. The fourth-order valence-electron chi connectivity index (χ4n) is 1.55. The molecular weight excluding hydrogens is 271 g/mol. The van der Waals surface area contributed by atoms with E-state index in [1.807, 2.05) is 0 Å². The van der Waals surface area contributed by atoms with Crippen molar-refractivity contribution in [2.75, 3.05) is 0 Å². The average Bonchev–Trinajstić information content (AvgIpc) is 2.36. The highest BCUT2D eigenvalue weighted by atomic mass is 35.5. The largest absolute Gasteiger partial charge is 0.489 e. The molecule has 0 bridgehead atoms. The molecule has 98 valence electrons. The smallest absolute Gasteiger partial charge is 0.337 e. The number of ether oxygens (including phenoxy) is 1. The van der Waals surface area contributed by atoms with E-state index in [4.69, 9.17) is 21.4 Å². The normalized spacial score (nSPS) is 10.2. The van der Waals surface area contributed by atoms with E-state index in [2.05, 4.69) is 0 Å².